The van der Waals surface area contributed by atoms with Crippen LogP contribution >= 0.6 is 0 Å². The summed E-state index contributed by atoms with van der Waals surface area (Å²) in [5.41, 5.74) is 2.65. The highest BCUT2D eigenvalue weighted by Crippen LogP contribution is 2.46. The summed E-state index contributed by atoms with van der Waals surface area (Å²) in [4.78, 5) is 39.8. The lowest BCUT2D eigenvalue weighted by Crippen LogP contribution is -2.43. The van der Waals surface area contributed by atoms with E-state index in [1.165, 1.54) is 7.11 Å². The van der Waals surface area contributed by atoms with Gasteiger partial charge in [-0.05, 0) is 62.6 Å². The highest BCUT2D eigenvalue weighted by molar-refractivity contribution is 6.12. The van der Waals surface area contributed by atoms with Gasteiger partial charge in [0.25, 0.3) is 0 Å². The highest BCUT2D eigenvalue weighted by atomic mass is 16.5. The van der Waals surface area contributed by atoms with Crippen molar-refractivity contribution in [2.45, 2.75) is 70.8 Å². The third-order valence-corrected chi connectivity index (χ3v) is 7.24. The number of dihydropyridines is 1. The predicted molar refractivity (Wildman–Crippen MR) is 126 cm³/mol. The topological polar surface area (TPSA) is 102 Å². The number of phenolic OH excluding ortho intramolecular Hbond substituents is 1. The zero-order valence-electron chi connectivity index (χ0n) is 20.1. The summed E-state index contributed by atoms with van der Waals surface area (Å²) in [6.45, 7) is 3.66. The Hall–Kier alpha value is -3.09. The molecule has 182 valence electrons. The second-order valence-electron chi connectivity index (χ2n) is 9.65. The molecule has 1 fully saturated rings. The molecule has 0 saturated heterocycles. The maximum Gasteiger partial charge on any atom is 0.337 e. The molecule has 3 atom stereocenters. The fourth-order valence-electron chi connectivity index (χ4n) is 5.56. The summed E-state index contributed by atoms with van der Waals surface area (Å²) in [6.07, 6.45) is 6.31. The minimum absolute atomic E-state index is 0.0356. The molecule has 0 radical (unpaired) electrons. The van der Waals surface area contributed by atoms with Gasteiger partial charge in [-0.3, -0.25) is 9.59 Å². The number of ketones is 1. The normalized spacial score (nSPS) is 25.9. The molecule has 2 N–H and O–H groups in total. The molecule has 2 aliphatic carbocycles. The Balaban J connectivity index is 1.77. The Labute approximate surface area is 200 Å². The zero-order valence-corrected chi connectivity index (χ0v) is 20.1. The van der Waals surface area contributed by atoms with Crippen LogP contribution in [0.15, 0.2) is 46.8 Å². The SMILES string of the molecule is COC(=O)C1C(=O)C2=C(CC1C)NC(C)=C(C(=O)OC1CCCCCC1)C2c1cccc(O)c1. The second-order valence-corrected chi connectivity index (χ2v) is 9.65. The molecule has 34 heavy (non-hydrogen) atoms. The molecule has 1 aromatic rings. The molecule has 4 rings (SSSR count). The number of Topliss-reactive ketones (excluding diaryl/α,β-unsaturated/α-hetero) is 1. The van der Waals surface area contributed by atoms with Crippen LogP contribution in [-0.2, 0) is 23.9 Å². The number of carbonyl (C=O) groups is 3. The molecule has 0 spiro atoms. The number of esters is 2. The molecule has 1 aliphatic heterocycles. The van der Waals surface area contributed by atoms with Crippen LogP contribution in [0.2, 0.25) is 0 Å². The van der Waals surface area contributed by atoms with Gasteiger partial charge in [0, 0.05) is 22.9 Å². The number of methoxy groups -OCH3 is 1. The van der Waals surface area contributed by atoms with Gasteiger partial charge in [0.1, 0.15) is 17.8 Å². The molecule has 0 aromatic heterocycles. The van der Waals surface area contributed by atoms with Crippen LogP contribution in [0.4, 0.5) is 0 Å². The lowest BCUT2D eigenvalue weighted by molar-refractivity contribution is -0.151. The average Bonchev–Trinajstić information content (AvgIpc) is 3.06. The van der Waals surface area contributed by atoms with Gasteiger partial charge >= 0.3 is 11.9 Å². The number of rotatable bonds is 4. The van der Waals surface area contributed by atoms with Crippen molar-refractivity contribution >= 4 is 17.7 Å². The van der Waals surface area contributed by atoms with Gasteiger partial charge in [0.15, 0.2) is 5.78 Å². The smallest absolute Gasteiger partial charge is 0.337 e. The Morgan fingerprint density at radius 1 is 1.12 bits per heavy atom. The van der Waals surface area contributed by atoms with Crippen molar-refractivity contribution in [1.82, 2.24) is 5.32 Å². The lowest BCUT2D eigenvalue weighted by Gasteiger charge is -2.38. The number of aromatic hydroxyl groups is 1. The summed E-state index contributed by atoms with van der Waals surface area (Å²) < 4.78 is 10.9. The minimum atomic E-state index is -0.942. The monoisotopic (exact) mass is 467 g/mol. The predicted octanol–water partition coefficient (Wildman–Crippen LogP) is 4.27. The van der Waals surface area contributed by atoms with E-state index in [-0.39, 0.29) is 23.6 Å². The van der Waals surface area contributed by atoms with Gasteiger partial charge in [-0.25, -0.2) is 4.79 Å². The van der Waals surface area contributed by atoms with Crippen LogP contribution in [0.3, 0.4) is 0 Å². The van der Waals surface area contributed by atoms with Crippen LogP contribution < -0.4 is 5.32 Å². The summed E-state index contributed by atoms with van der Waals surface area (Å²) in [7, 11) is 1.28. The molecular weight excluding hydrogens is 434 g/mol. The van der Waals surface area contributed by atoms with Crippen molar-refractivity contribution in [2.75, 3.05) is 7.11 Å². The standard InChI is InChI=1S/C27H33NO6/c1-15-13-20-24(25(30)21(15)26(31)33-3)23(17-9-8-10-18(29)14-17)22(16(2)28-20)27(32)34-19-11-6-4-5-7-12-19/h8-10,14-15,19,21,23,28-29H,4-7,11-13H2,1-3H3. The lowest BCUT2D eigenvalue weighted by atomic mass is 9.69. The number of allylic oxidation sites excluding steroid dienone is 3. The van der Waals surface area contributed by atoms with E-state index in [0.29, 0.717) is 34.5 Å². The first-order valence-corrected chi connectivity index (χ1v) is 12.1. The van der Waals surface area contributed by atoms with E-state index in [0.717, 1.165) is 38.5 Å². The Morgan fingerprint density at radius 2 is 1.82 bits per heavy atom. The van der Waals surface area contributed by atoms with Gasteiger partial charge in [-0.1, -0.05) is 31.9 Å². The van der Waals surface area contributed by atoms with E-state index < -0.39 is 23.8 Å². The molecule has 7 nitrogen and oxygen atoms in total. The van der Waals surface area contributed by atoms with Gasteiger partial charge in [0.2, 0.25) is 0 Å². The van der Waals surface area contributed by atoms with Crippen LogP contribution in [-0.4, -0.2) is 36.0 Å². The first kappa shape index (κ1) is 24.0. The second kappa shape index (κ2) is 10.0. The number of phenols is 1. The summed E-state index contributed by atoms with van der Waals surface area (Å²) >= 11 is 0. The summed E-state index contributed by atoms with van der Waals surface area (Å²) in [5, 5.41) is 13.5. The van der Waals surface area contributed by atoms with E-state index in [4.69, 9.17) is 9.47 Å². The Kier molecular flexibility index (Phi) is 7.10. The Bertz CT molecular complexity index is 1050. The molecule has 3 unspecified atom stereocenters. The van der Waals surface area contributed by atoms with E-state index in [2.05, 4.69) is 5.32 Å². The van der Waals surface area contributed by atoms with Crippen molar-refractivity contribution in [2.24, 2.45) is 11.8 Å². The fourth-order valence-corrected chi connectivity index (χ4v) is 5.56. The van der Waals surface area contributed by atoms with Crippen molar-refractivity contribution < 1.29 is 29.0 Å². The molecular formula is C27H33NO6. The molecule has 1 saturated carbocycles. The maximum atomic E-state index is 13.7. The first-order chi connectivity index (χ1) is 16.3. The molecule has 1 aromatic carbocycles. The van der Waals surface area contributed by atoms with Crippen molar-refractivity contribution in [1.29, 1.82) is 0 Å². The van der Waals surface area contributed by atoms with Gasteiger partial charge < -0.3 is 19.9 Å². The molecule has 7 heteroatoms. The third kappa shape index (κ3) is 4.61. The number of nitrogens with one attached hydrogen (secondary N) is 1. The number of ether oxygens (including phenoxy) is 2. The first-order valence-electron chi connectivity index (χ1n) is 12.1. The Morgan fingerprint density at radius 3 is 2.47 bits per heavy atom. The number of hydrogen-bond donors (Lipinski definition) is 2. The number of carbonyl (C=O) groups excluding carboxylic acids is 3. The summed E-state index contributed by atoms with van der Waals surface area (Å²) in [5.74, 6) is -3.28. The molecule has 0 amide bonds. The van der Waals surface area contributed by atoms with Crippen LogP contribution in [0, 0.1) is 11.8 Å². The highest BCUT2D eigenvalue weighted by Gasteiger charge is 2.47. The van der Waals surface area contributed by atoms with Gasteiger partial charge in [0.05, 0.1) is 12.7 Å². The van der Waals surface area contributed by atoms with Crippen molar-refractivity contribution in [3.63, 3.8) is 0 Å². The fraction of sp³-hybridized carbons (Fsp3) is 0.519. The van der Waals surface area contributed by atoms with Crippen molar-refractivity contribution in [3.8, 4) is 5.75 Å². The van der Waals surface area contributed by atoms with Gasteiger partial charge in [-0.2, -0.15) is 0 Å². The van der Waals surface area contributed by atoms with Crippen LogP contribution in [0.5, 0.6) is 5.75 Å². The average molecular weight is 468 g/mol. The summed E-state index contributed by atoms with van der Waals surface area (Å²) in [6, 6.07) is 6.57. The molecule has 1 heterocycles. The van der Waals surface area contributed by atoms with E-state index in [9.17, 15) is 19.5 Å². The van der Waals surface area contributed by atoms with E-state index in [1.807, 2.05) is 13.8 Å². The van der Waals surface area contributed by atoms with E-state index >= 15 is 0 Å². The van der Waals surface area contributed by atoms with E-state index in [1.54, 1.807) is 24.3 Å². The quantitative estimate of drug-likeness (QED) is 0.387. The maximum absolute atomic E-state index is 13.7. The minimum Gasteiger partial charge on any atom is -0.508 e. The largest absolute Gasteiger partial charge is 0.508 e. The number of hydrogen-bond acceptors (Lipinski definition) is 7. The molecule has 0 bridgehead atoms. The van der Waals surface area contributed by atoms with Gasteiger partial charge in [-0.15, -0.1) is 0 Å². The molecule has 3 aliphatic rings. The third-order valence-electron chi connectivity index (χ3n) is 7.24. The zero-order chi connectivity index (χ0) is 24.4. The number of benzene rings is 1. The van der Waals surface area contributed by atoms with Crippen LogP contribution in [0.1, 0.15) is 70.3 Å². The van der Waals surface area contributed by atoms with Crippen molar-refractivity contribution in [3.05, 3.63) is 52.4 Å². The van der Waals surface area contributed by atoms with Crippen LogP contribution in [0.25, 0.3) is 0 Å².